The number of fused-ring (bicyclic) bond motifs is 1. The molecule has 1 fully saturated rings. The molecule has 104 valence electrons. The van der Waals surface area contributed by atoms with Crippen molar-refractivity contribution in [3.8, 4) is 5.75 Å². The molecule has 6 heteroatoms. The first kappa shape index (κ1) is 12.9. The van der Waals surface area contributed by atoms with Crippen LogP contribution in [-0.4, -0.2) is 24.7 Å². The number of thiazole rings is 1. The summed E-state index contributed by atoms with van der Waals surface area (Å²) in [6.07, 6.45) is 0.649. The number of hydrogen-bond acceptors (Lipinski definition) is 6. The molecule has 0 aliphatic carbocycles. The van der Waals surface area contributed by atoms with E-state index in [1.807, 2.05) is 25.1 Å². The van der Waals surface area contributed by atoms with Gasteiger partial charge in [-0.25, -0.2) is 9.78 Å². The van der Waals surface area contributed by atoms with E-state index in [1.54, 1.807) is 7.11 Å². The van der Waals surface area contributed by atoms with Gasteiger partial charge in [-0.3, -0.25) is 0 Å². The average Bonchev–Trinajstić information content (AvgIpc) is 3.03. The summed E-state index contributed by atoms with van der Waals surface area (Å²) in [6, 6.07) is 5.75. The fraction of sp³-hybridized carbons (Fsp3) is 0.286. The van der Waals surface area contributed by atoms with E-state index in [-0.39, 0.29) is 5.97 Å². The zero-order chi connectivity index (χ0) is 14.1. The number of anilines is 1. The van der Waals surface area contributed by atoms with Gasteiger partial charge in [0.05, 0.1) is 29.5 Å². The van der Waals surface area contributed by atoms with Crippen LogP contribution in [0.2, 0.25) is 0 Å². The van der Waals surface area contributed by atoms with Crippen LogP contribution in [0, 0.1) is 0 Å². The smallest absolute Gasteiger partial charge is 0.335 e. The van der Waals surface area contributed by atoms with Gasteiger partial charge in [0.1, 0.15) is 5.75 Å². The average molecular weight is 290 g/mol. The van der Waals surface area contributed by atoms with Crippen LogP contribution in [0.1, 0.15) is 13.3 Å². The number of esters is 1. The normalized spacial score (nSPS) is 17.2. The first-order valence-corrected chi connectivity index (χ1v) is 7.07. The highest BCUT2D eigenvalue weighted by Gasteiger charge is 2.21. The Morgan fingerprint density at radius 3 is 3.05 bits per heavy atom. The predicted molar refractivity (Wildman–Crippen MR) is 78.1 cm³/mol. The number of allylic oxidation sites excluding steroid dienone is 1. The number of cyclic esters (lactones) is 1. The molecule has 20 heavy (non-hydrogen) atoms. The van der Waals surface area contributed by atoms with E-state index in [1.165, 1.54) is 11.3 Å². The number of benzene rings is 1. The van der Waals surface area contributed by atoms with Gasteiger partial charge in [0.2, 0.25) is 0 Å². The van der Waals surface area contributed by atoms with Crippen molar-refractivity contribution in [3.63, 3.8) is 0 Å². The molecule has 1 aliphatic heterocycles. The fourth-order valence-corrected chi connectivity index (χ4v) is 3.05. The molecular weight excluding hydrogens is 276 g/mol. The topological polar surface area (TPSA) is 60.4 Å². The van der Waals surface area contributed by atoms with Gasteiger partial charge in [-0.1, -0.05) is 11.3 Å². The zero-order valence-electron chi connectivity index (χ0n) is 11.2. The van der Waals surface area contributed by atoms with E-state index in [2.05, 4.69) is 10.3 Å². The van der Waals surface area contributed by atoms with Crippen molar-refractivity contribution >= 4 is 32.7 Å². The Morgan fingerprint density at radius 1 is 1.50 bits per heavy atom. The number of methoxy groups -OCH3 is 1. The standard InChI is InChI=1S/C14H14N2O3S/c1-8(10-5-6-19-13(10)17)15-14-16-11-4-3-9(18-2)7-12(11)20-14/h3-4,7H,5-6H2,1-2H3,(H,15,16)/b10-8-. The second-order valence-electron chi connectivity index (χ2n) is 4.47. The molecule has 1 aromatic carbocycles. The molecule has 5 nitrogen and oxygen atoms in total. The second-order valence-corrected chi connectivity index (χ2v) is 5.50. The maximum Gasteiger partial charge on any atom is 0.335 e. The number of carbonyl (C=O) groups excluding carboxylic acids is 1. The quantitative estimate of drug-likeness (QED) is 0.695. The molecule has 1 aromatic heterocycles. The molecule has 0 saturated carbocycles. The molecule has 2 heterocycles. The highest BCUT2D eigenvalue weighted by atomic mass is 32.1. The van der Waals surface area contributed by atoms with Crippen molar-refractivity contribution in [1.82, 2.24) is 4.98 Å². The van der Waals surface area contributed by atoms with E-state index >= 15 is 0 Å². The van der Waals surface area contributed by atoms with E-state index in [4.69, 9.17) is 9.47 Å². The van der Waals surface area contributed by atoms with Gasteiger partial charge in [-0.2, -0.15) is 0 Å². The third kappa shape index (κ3) is 2.34. The summed E-state index contributed by atoms with van der Waals surface area (Å²) in [5.41, 5.74) is 2.41. The molecule has 0 atom stereocenters. The highest BCUT2D eigenvalue weighted by Crippen LogP contribution is 2.30. The van der Waals surface area contributed by atoms with Crippen molar-refractivity contribution in [2.45, 2.75) is 13.3 Å². The molecule has 0 bridgehead atoms. The number of hydrogen-bond donors (Lipinski definition) is 1. The molecule has 0 spiro atoms. The van der Waals surface area contributed by atoms with Crippen LogP contribution in [0.5, 0.6) is 5.75 Å². The van der Waals surface area contributed by atoms with Crippen LogP contribution in [0.4, 0.5) is 5.13 Å². The maximum absolute atomic E-state index is 11.5. The highest BCUT2D eigenvalue weighted by molar-refractivity contribution is 7.22. The van der Waals surface area contributed by atoms with Gasteiger partial charge in [0.25, 0.3) is 0 Å². The molecule has 1 N–H and O–H groups in total. The Hall–Kier alpha value is -2.08. The lowest BCUT2D eigenvalue weighted by Gasteiger charge is -2.03. The van der Waals surface area contributed by atoms with Crippen molar-refractivity contribution < 1.29 is 14.3 Å². The molecular formula is C14H14N2O3S. The van der Waals surface area contributed by atoms with Gasteiger partial charge in [-0.05, 0) is 25.1 Å². The summed E-state index contributed by atoms with van der Waals surface area (Å²) >= 11 is 1.53. The first-order chi connectivity index (χ1) is 9.67. The van der Waals surface area contributed by atoms with Crippen LogP contribution in [0.15, 0.2) is 29.5 Å². The van der Waals surface area contributed by atoms with E-state index in [0.29, 0.717) is 18.6 Å². The molecule has 2 aromatic rings. The maximum atomic E-state index is 11.5. The third-order valence-electron chi connectivity index (χ3n) is 3.17. The van der Waals surface area contributed by atoms with Crippen molar-refractivity contribution in [3.05, 3.63) is 29.5 Å². The minimum Gasteiger partial charge on any atom is -0.497 e. The summed E-state index contributed by atoms with van der Waals surface area (Å²) in [7, 11) is 1.64. The van der Waals surface area contributed by atoms with Gasteiger partial charge in [-0.15, -0.1) is 0 Å². The summed E-state index contributed by atoms with van der Waals surface area (Å²) in [4.78, 5) is 16.0. The van der Waals surface area contributed by atoms with Crippen LogP contribution >= 0.6 is 11.3 Å². The van der Waals surface area contributed by atoms with E-state index in [9.17, 15) is 4.79 Å². The lowest BCUT2D eigenvalue weighted by atomic mass is 10.2. The van der Waals surface area contributed by atoms with Gasteiger partial charge >= 0.3 is 5.97 Å². The molecule has 3 rings (SSSR count). The Labute approximate surface area is 120 Å². The molecule has 1 saturated heterocycles. The van der Waals surface area contributed by atoms with Crippen molar-refractivity contribution in [2.75, 3.05) is 19.0 Å². The monoisotopic (exact) mass is 290 g/mol. The van der Waals surface area contributed by atoms with Crippen LogP contribution in [0.3, 0.4) is 0 Å². The minimum absolute atomic E-state index is 0.238. The van der Waals surface area contributed by atoms with Crippen LogP contribution < -0.4 is 10.1 Å². The van der Waals surface area contributed by atoms with Crippen molar-refractivity contribution in [1.29, 1.82) is 0 Å². The number of rotatable bonds is 3. The van der Waals surface area contributed by atoms with Gasteiger partial charge in [0, 0.05) is 12.1 Å². The first-order valence-electron chi connectivity index (χ1n) is 6.26. The zero-order valence-corrected chi connectivity index (χ0v) is 12.0. The fourth-order valence-electron chi connectivity index (χ4n) is 2.10. The molecule has 0 amide bonds. The largest absolute Gasteiger partial charge is 0.497 e. The Kier molecular flexibility index (Phi) is 3.31. The number of nitrogens with one attached hydrogen (secondary N) is 1. The summed E-state index contributed by atoms with van der Waals surface area (Å²) in [5, 5.41) is 3.95. The lowest BCUT2D eigenvalue weighted by Crippen LogP contribution is -2.04. The summed E-state index contributed by atoms with van der Waals surface area (Å²) in [6.45, 7) is 2.33. The predicted octanol–water partition coefficient (Wildman–Crippen LogP) is 2.94. The second kappa shape index (κ2) is 5.13. The SMILES string of the molecule is COc1ccc2nc(N/C(C)=C3/CCOC3=O)sc2c1. The summed E-state index contributed by atoms with van der Waals surface area (Å²) < 4.78 is 11.2. The third-order valence-corrected chi connectivity index (χ3v) is 4.11. The number of aromatic nitrogens is 1. The minimum atomic E-state index is -0.238. The van der Waals surface area contributed by atoms with Gasteiger partial charge < -0.3 is 14.8 Å². The lowest BCUT2D eigenvalue weighted by molar-refractivity contribution is -0.135. The number of ether oxygens (including phenoxy) is 2. The number of carbonyl (C=O) groups is 1. The molecule has 0 radical (unpaired) electrons. The van der Waals surface area contributed by atoms with Crippen molar-refractivity contribution in [2.24, 2.45) is 0 Å². The van der Waals surface area contributed by atoms with E-state index < -0.39 is 0 Å². The Bertz CT molecular complexity index is 706. The van der Waals surface area contributed by atoms with Crippen LogP contribution in [-0.2, 0) is 9.53 Å². The Morgan fingerprint density at radius 2 is 2.35 bits per heavy atom. The Balaban J connectivity index is 1.89. The molecule has 1 aliphatic rings. The van der Waals surface area contributed by atoms with E-state index in [0.717, 1.165) is 26.8 Å². The van der Waals surface area contributed by atoms with Crippen LogP contribution in [0.25, 0.3) is 10.2 Å². The van der Waals surface area contributed by atoms with Gasteiger partial charge in [0.15, 0.2) is 5.13 Å². The number of nitrogens with zero attached hydrogens (tertiary/aromatic N) is 1. The summed E-state index contributed by atoms with van der Waals surface area (Å²) in [5.74, 6) is 0.569. The molecule has 0 unspecified atom stereocenters.